The van der Waals surface area contributed by atoms with Gasteiger partial charge < -0.3 is 14.8 Å². The Morgan fingerprint density at radius 2 is 2.11 bits per heavy atom. The van der Waals surface area contributed by atoms with Crippen LogP contribution < -0.4 is 20.2 Å². The third-order valence-electron chi connectivity index (χ3n) is 3.49. The third kappa shape index (κ3) is 6.51. The van der Waals surface area contributed by atoms with Crippen molar-refractivity contribution in [1.82, 2.24) is 10.7 Å². The van der Waals surface area contributed by atoms with Gasteiger partial charge in [-0.1, -0.05) is 23.7 Å². The Morgan fingerprint density at radius 3 is 2.82 bits per heavy atom. The molecule has 2 aromatic rings. The maximum atomic E-state index is 13.9. The van der Waals surface area contributed by atoms with Crippen LogP contribution in [0, 0.1) is 5.82 Å². The maximum absolute atomic E-state index is 13.9. The first-order valence-electron chi connectivity index (χ1n) is 8.55. The Morgan fingerprint density at radius 1 is 1.29 bits per heavy atom. The summed E-state index contributed by atoms with van der Waals surface area (Å²) in [7, 11) is 0. The van der Waals surface area contributed by atoms with E-state index >= 15 is 0 Å². The second-order valence-electron chi connectivity index (χ2n) is 5.50. The van der Waals surface area contributed by atoms with Crippen LogP contribution in [0.5, 0.6) is 11.5 Å². The highest BCUT2D eigenvalue weighted by Gasteiger charge is 2.11. The van der Waals surface area contributed by atoms with Crippen LogP contribution in [0.25, 0.3) is 0 Å². The van der Waals surface area contributed by atoms with Crippen molar-refractivity contribution < 1.29 is 13.9 Å². The molecule has 0 aliphatic heterocycles. The van der Waals surface area contributed by atoms with E-state index in [1.807, 2.05) is 6.92 Å². The minimum Gasteiger partial charge on any atom is -0.490 e. The number of nitrogens with zero attached hydrogens (tertiary/aromatic N) is 1. The molecule has 2 N–H and O–H groups in total. The molecule has 2 aromatic carbocycles. The lowest BCUT2D eigenvalue weighted by molar-refractivity contribution is 0.266. The first-order chi connectivity index (χ1) is 13.5. The molecule has 0 aromatic heterocycles. The van der Waals surface area contributed by atoms with Crippen LogP contribution >= 0.6 is 23.8 Å². The third-order valence-corrected chi connectivity index (χ3v) is 4.08. The SMILES string of the molecule is C=CCNC(=S)N/N=C/c1ccc(OCc2c(F)cccc2Cl)c(OCC)c1. The zero-order valence-corrected chi connectivity index (χ0v) is 16.9. The molecule has 0 aliphatic rings. The predicted molar refractivity (Wildman–Crippen MR) is 115 cm³/mol. The van der Waals surface area contributed by atoms with Gasteiger partial charge in [-0.2, -0.15) is 5.10 Å². The Labute approximate surface area is 174 Å². The van der Waals surface area contributed by atoms with Crippen molar-refractivity contribution in [3.8, 4) is 11.5 Å². The zero-order chi connectivity index (χ0) is 20.4. The molecule has 5 nitrogen and oxygen atoms in total. The summed E-state index contributed by atoms with van der Waals surface area (Å²) < 4.78 is 25.3. The van der Waals surface area contributed by atoms with E-state index in [1.54, 1.807) is 42.6 Å². The van der Waals surface area contributed by atoms with Crippen molar-refractivity contribution in [1.29, 1.82) is 0 Å². The number of hydrazone groups is 1. The summed E-state index contributed by atoms with van der Waals surface area (Å²) in [5.74, 6) is 0.585. The van der Waals surface area contributed by atoms with E-state index in [0.717, 1.165) is 5.56 Å². The van der Waals surface area contributed by atoms with Crippen LogP contribution in [0.3, 0.4) is 0 Å². The number of rotatable bonds is 9. The molecule has 8 heteroatoms. The fourth-order valence-electron chi connectivity index (χ4n) is 2.18. The molecule has 0 unspecified atom stereocenters. The number of hydrogen-bond acceptors (Lipinski definition) is 4. The molecule has 0 atom stereocenters. The zero-order valence-electron chi connectivity index (χ0n) is 15.4. The fraction of sp³-hybridized carbons (Fsp3) is 0.200. The number of benzene rings is 2. The summed E-state index contributed by atoms with van der Waals surface area (Å²) in [4.78, 5) is 0. The smallest absolute Gasteiger partial charge is 0.187 e. The van der Waals surface area contributed by atoms with E-state index in [1.165, 1.54) is 6.07 Å². The molecule has 148 valence electrons. The quantitative estimate of drug-likeness (QED) is 0.271. The summed E-state index contributed by atoms with van der Waals surface area (Å²) in [5, 5.41) is 7.67. The van der Waals surface area contributed by atoms with E-state index in [-0.39, 0.29) is 6.61 Å². The van der Waals surface area contributed by atoms with Crippen molar-refractivity contribution >= 4 is 35.1 Å². The summed E-state index contributed by atoms with van der Waals surface area (Å²) in [6, 6.07) is 9.81. The lowest BCUT2D eigenvalue weighted by Crippen LogP contribution is -2.31. The summed E-state index contributed by atoms with van der Waals surface area (Å²) in [6.45, 7) is 6.45. The van der Waals surface area contributed by atoms with Crippen LogP contribution in [0.2, 0.25) is 5.02 Å². The van der Waals surface area contributed by atoms with Gasteiger partial charge in [0.2, 0.25) is 0 Å². The van der Waals surface area contributed by atoms with Gasteiger partial charge in [0.05, 0.1) is 17.8 Å². The lowest BCUT2D eigenvalue weighted by Gasteiger charge is -2.13. The van der Waals surface area contributed by atoms with Crippen LogP contribution in [0.4, 0.5) is 4.39 Å². The molecule has 0 heterocycles. The van der Waals surface area contributed by atoms with Crippen LogP contribution in [-0.4, -0.2) is 24.5 Å². The number of hydrogen-bond donors (Lipinski definition) is 2. The first kappa shape index (κ1) is 21.7. The van der Waals surface area contributed by atoms with E-state index in [0.29, 0.717) is 40.3 Å². The Balaban J connectivity index is 2.07. The van der Waals surface area contributed by atoms with Crippen LogP contribution in [0.15, 0.2) is 54.2 Å². The molecule has 28 heavy (non-hydrogen) atoms. The molecule has 0 radical (unpaired) electrons. The number of thiocarbonyl (C=S) groups is 1. The Kier molecular flexibility index (Phi) is 8.71. The molecular weight excluding hydrogens is 401 g/mol. The highest BCUT2D eigenvalue weighted by molar-refractivity contribution is 7.80. The van der Waals surface area contributed by atoms with Crippen molar-refractivity contribution in [2.24, 2.45) is 5.10 Å². The largest absolute Gasteiger partial charge is 0.490 e. The minimum absolute atomic E-state index is 0.0101. The van der Waals surface area contributed by atoms with Gasteiger partial charge in [-0.15, -0.1) is 6.58 Å². The number of nitrogens with one attached hydrogen (secondary N) is 2. The molecule has 0 bridgehead atoms. The van der Waals surface area contributed by atoms with Gasteiger partial charge in [0.1, 0.15) is 12.4 Å². The van der Waals surface area contributed by atoms with Gasteiger partial charge in [-0.05, 0) is 55.0 Å². The second-order valence-corrected chi connectivity index (χ2v) is 6.31. The van der Waals surface area contributed by atoms with Crippen LogP contribution in [-0.2, 0) is 6.61 Å². The van der Waals surface area contributed by atoms with Gasteiger partial charge in [-0.3, -0.25) is 5.43 Å². The Hall–Kier alpha value is -2.64. The van der Waals surface area contributed by atoms with Crippen molar-refractivity contribution in [3.05, 3.63) is 71.0 Å². The highest BCUT2D eigenvalue weighted by Crippen LogP contribution is 2.30. The second kappa shape index (κ2) is 11.3. The lowest BCUT2D eigenvalue weighted by atomic mass is 10.2. The minimum atomic E-state index is -0.415. The topological polar surface area (TPSA) is 54.9 Å². The summed E-state index contributed by atoms with van der Waals surface area (Å²) in [6.07, 6.45) is 3.29. The van der Waals surface area contributed by atoms with Gasteiger partial charge in [0, 0.05) is 12.1 Å². The van der Waals surface area contributed by atoms with Crippen molar-refractivity contribution in [3.63, 3.8) is 0 Å². The average Bonchev–Trinajstić information content (AvgIpc) is 2.67. The first-order valence-corrected chi connectivity index (χ1v) is 9.34. The molecule has 0 saturated heterocycles. The number of halogens is 2. The average molecular weight is 422 g/mol. The molecule has 0 fully saturated rings. The van der Waals surface area contributed by atoms with E-state index in [9.17, 15) is 4.39 Å². The maximum Gasteiger partial charge on any atom is 0.187 e. The molecule has 0 aliphatic carbocycles. The fourth-order valence-corrected chi connectivity index (χ4v) is 2.54. The highest BCUT2D eigenvalue weighted by atomic mass is 35.5. The monoisotopic (exact) mass is 421 g/mol. The molecule has 0 spiro atoms. The number of ether oxygens (including phenoxy) is 2. The van der Waals surface area contributed by atoms with E-state index in [4.69, 9.17) is 33.3 Å². The van der Waals surface area contributed by atoms with E-state index in [2.05, 4.69) is 22.4 Å². The van der Waals surface area contributed by atoms with Crippen molar-refractivity contribution in [2.75, 3.05) is 13.2 Å². The van der Waals surface area contributed by atoms with Gasteiger partial charge in [0.15, 0.2) is 16.6 Å². The van der Waals surface area contributed by atoms with Gasteiger partial charge in [0.25, 0.3) is 0 Å². The van der Waals surface area contributed by atoms with Gasteiger partial charge in [-0.25, -0.2) is 4.39 Å². The van der Waals surface area contributed by atoms with Gasteiger partial charge >= 0.3 is 0 Å². The standard InChI is InChI=1S/C20H21ClFN3O2S/c1-3-10-23-20(28)25-24-12-14-8-9-18(19(11-14)26-4-2)27-13-15-16(21)6-5-7-17(15)22/h3,5-9,11-12H,1,4,10,13H2,2H3,(H2,23,25,28)/b24-12+. The Bertz CT molecular complexity index is 841. The van der Waals surface area contributed by atoms with Crippen LogP contribution in [0.1, 0.15) is 18.1 Å². The summed E-state index contributed by atoms with van der Waals surface area (Å²) >= 11 is 11.1. The van der Waals surface area contributed by atoms with E-state index < -0.39 is 5.82 Å². The summed E-state index contributed by atoms with van der Waals surface area (Å²) in [5.41, 5.74) is 3.77. The van der Waals surface area contributed by atoms with Crippen molar-refractivity contribution in [2.45, 2.75) is 13.5 Å². The molecule has 2 rings (SSSR count). The molecule has 0 saturated carbocycles. The molecular formula is C20H21ClFN3O2S. The molecule has 0 amide bonds. The predicted octanol–water partition coefficient (Wildman–Crippen LogP) is 4.44. The normalized spacial score (nSPS) is 10.5.